The van der Waals surface area contributed by atoms with Crippen LogP contribution < -0.4 is 5.32 Å². The number of piperidine rings is 1. The van der Waals surface area contributed by atoms with E-state index in [1.807, 2.05) is 20.8 Å². The molecule has 29 heavy (non-hydrogen) atoms. The van der Waals surface area contributed by atoms with Gasteiger partial charge in [-0.1, -0.05) is 20.8 Å². The monoisotopic (exact) mass is 400 g/mol. The van der Waals surface area contributed by atoms with E-state index >= 15 is 0 Å². The van der Waals surface area contributed by atoms with E-state index in [9.17, 15) is 8.78 Å². The summed E-state index contributed by atoms with van der Waals surface area (Å²) in [6, 6.07) is 3.21. The predicted molar refractivity (Wildman–Crippen MR) is 110 cm³/mol. The predicted octanol–water partition coefficient (Wildman–Crippen LogP) is 4.10. The maximum atomic E-state index is 14.7. The maximum Gasteiger partial charge on any atom is 0.223 e. The highest BCUT2D eigenvalue weighted by atomic mass is 19.1. The van der Waals surface area contributed by atoms with Gasteiger partial charge in [0.15, 0.2) is 11.6 Å². The molecule has 0 aliphatic carbocycles. The smallest absolute Gasteiger partial charge is 0.223 e. The summed E-state index contributed by atoms with van der Waals surface area (Å²) in [5.74, 6) is -0.0619. The minimum absolute atomic E-state index is 0.0723. The molecular weight excluding hydrogens is 374 g/mol. The van der Waals surface area contributed by atoms with Gasteiger partial charge in [-0.3, -0.25) is 0 Å². The number of benzene rings is 1. The molecule has 0 radical (unpaired) electrons. The Hall–Kier alpha value is -2.61. The zero-order chi connectivity index (χ0) is 20.8. The molecule has 0 saturated carbocycles. The molecule has 154 valence electrons. The highest BCUT2D eigenvalue weighted by molar-refractivity contribution is 5.82. The highest BCUT2D eigenvalue weighted by Crippen LogP contribution is 2.29. The second kappa shape index (κ2) is 7.33. The van der Waals surface area contributed by atoms with Crippen molar-refractivity contribution in [3.05, 3.63) is 35.8 Å². The van der Waals surface area contributed by atoms with Crippen molar-refractivity contribution in [1.29, 1.82) is 0 Å². The minimum atomic E-state index is -0.590. The lowest BCUT2D eigenvalue weighted by atomic mass is 9.96. The van der Waals surface area contributed by atoms with E-state index in [0.717, 1.165) is 32.1 Å². The van der Waals surface area contributed by atoms with Crippen molar-refractivity contribution >= 4 is 17.0 Å². The lowest BCUT2D eigenvalue weighted by Crippen LogP contribution is -2.37. The van der Waals surface area contributed by atoms with Crippen molar-refractivity contribution in [3.63, 3.8) is 0 Å². The average Bonchev–Trinajstić information content (AvgIpc) is 3.10. The summed E-state index contributed by atoms with van der Waals surface area (Å²) < 4.78 is 29.2. The van der Waals surface area contributed by atoms with Gasteiger partial charge in [0.2, 0.25) is 5.95 Å². The zero-order valence-electron chi connectivity index (χ0n) is 17.2. The molecule has 8 heteroatoms. The summed E-state index contributed by atoms with van der Waals surface area (Å²) in [5, 5.41) is 3.29. The van der Waals surface area contributed by atoms with Gasteiger partial charge in [-0.2, -0.15) is 0 Å². The van der Waals surface area contributed by atoms with Crippen molar-refractivity contribution in [2.45, 2.75) is 45.1 Å². The largest absolute Gasteiger partial charge is 0.351 e. The summed E-state index contributed by atoms with van der Waals surface area (Å²) in [7, 11) is 2.09. The first-order valence-electron chi connectivity index (χ1n) is 9.88. The third-order valence-corrected chi connectivity index (χ3v) is 5.32. The van der Waals surface area contributed by atoms with Gasteiger partial charge in [0.25, 0.3) is 0 Å². The number of halogens is 2. The van der Waals surface area contributed by atoms with Crippen LogP contribution in [0.25, 0.3) is 22.3 Å². The molecule has 4 rings (SSSR count). The van der Waals surface area contributed by atoms with Crippen LogP contribution in [-0.4, -0.2) is 51.0 Å². The fraction of sp³-hybridized carbons (Fsp3) is 0.476. The lowest BCUT2D eigenvalue weighted by Gasteiger charge is -2.29. The second-order valence-corrected chi connectivity index (χ2v) is 8.80. The summed E-state index contributed by atoms with van der Waals surface area (Å²) >= 11 is 0. The quantitative estimate of drug-likeness (QED) is 0.693. The normalized spacial score (nSPS) is 16.5. The molecule has 3 heterocycles. The molecule has 2 aromatic heterocycles. The molecule has 0 spiro atoms. The number of aromatic amines is 1. The Bertz CT molecular complexity index is 1030. The Morgan fingerprint density at radius 1 is 1.10 bits per heavy atom. The molecule has 6 nitrogen and oxygen atoms in total. The SMILES string of the molecule is CN1CCC(Nc2ncc(F)c(-c3cc(F)c4nc(C(C)(C)C)[nH]c4c3)n2)CC1. The van der Waals surface area contributed by atoms with Crippen LogP contribution in [0.4, 0.5) is 14.7 Å². The number of hydrogen-bond acceptors (Lipinski definition) is 5. The lowest BCUT2D eigenvalue weighted by molar-refractivity contribution is 0.263. The van der Waals surface area contributed by atoms with Gasteiger partial charge in [0.05, 0.1) is 11.7 Å². The van der Waals surface area contributed by atoms with E-state index in [-0.39, 0.29) is 22.7 Å². The number of nitrogens with zero attached hydrogens (tertiary/aromatic N) is 4. The molecule has 1 aliphatic rings. The summed E-state index contributed by atoms with van der Waals surface area (Å²) in [6.07, 6.45) is 3.07. The maximum absolute atomic E-state index is 14.7. The van der Waals surface area contributed by atoms with Gasteiger partial charge < -0.3 is 15.2 Å². The van der Waals surface area contributed by atoms with Gasteiger partial charge in [-0.15, -0.1) is 0 Å². The first-order chi connectivity index (χ1) is 13.7. The fourth-order valence-electron chi connectivity index (χ4n) is 3.54. The van der Waals surface area contributed by atoms with Crippen molar-refractivity contribution < 1.29 is 8.78 Å². The molecule has 2 N–H and O–H groups in total. The number of likely N-dealkylation sites (tertiary alicyclic amines) is 1. The number of rotatable bonds is 3. The van der Waals surface area contributed by atoms with Crippen LogP contribution in [0.1, 0.15) is 39.4 Å². The standard InChI is InChI=1S/C21H26F2N6/c1-21(2,3)19-26-16-10-12(9-14(22)18(16)27-19)17-15(23)11-24-20(28-17)25-13-5-7-29(4)8-6-13/h9-11,13H,5-8H2,1-4H3,(H,26,27)(H,24,25,28). The zero-order valence-corrected chi connectivity index (χ0v) is 17.2. The van der Waals surface area contributed by atoms with Crippen LogP contribution in [-0.2, 0) is 5.41 Å². The van der Waals surface area contributed by atoms with E-state index in [2.05, 4.69) is 37.2 Å². The second-order valence-electron chi connectivity index (χ2n) is 8.80. The number of H-pyrrole nitrogens is 1. The van der Waals surface area contributed by atoms with Crippen LogP contribution in [0.5, 0.6) is 0 Å². The number of aromatic nitrogens is 4. The third-order valence-electron chi connectivity index (χ3n) is 5.32. The van der Waals surface area contributed by atoms with Crippen LogP contribution in [0.2, 0.25) is 0 Å². The molecular formula is C21H26F2N6. The number of hydrogen-bond donors (Lipinski definition) is 2. The van der Waals surface area contributed by atoms with E-state index in [1.165, 1.54) is 6.07 Å². The van der Waals surface area contributed by atoms with Crippen LogP contribution in [0.15, 0.2) is 18.3 Å². The molecule has 1 saturated heterocycles. The molecule has 1 aliphatic heterocycles. The summed E-state index contributed by atoms with van der Waals surface area (Å²) in [4.78, 5) is 18.2. The summed E-state index contributed by atoms with van der Waals surface area (Å²) in [5.41, 5.74) is 0.941. The average molecular weight is 400 g/mol. The minimum Gasteiger partial charge on any atom is -0.351 e. The van der Waals surface area contributed by atoms with E-state index in [0.29, 0.717) is 22.9 Å². The van der Waals surface area contributed by atoms with Crippen LogP contribution in [0.3, 0.4) is 0 Å². The van der Waals surface area contributed by atoms with E-state index < -0.39 is 11.6 Å². The molecule has 0 amide bonds. The molecule has 1 aromatic carbocycles. The van der Waals surface area contributed by atoms with Crippen molar-refractivity contribution in [3.8, 4) is 11.3 Å². The van der Waals surface area contributed by atoms with Crippen molar-refractivity contribution in [1.82, 2.24) is 24.8 Å². The van der Waals surface area contributed by atoms with E-state index in [1.54, 1.807) is 6.07 Å². The van der Waals surface area contributed by atoms with Gasteiger partial charge >= 0.3 is 0 Å². The molecule has 1 fully saturated rings. The van der Waals surface area contributed by atoms with Gasteiger partial charge in [0, 0.05) is 17.0 Å². The molecule has 0 atom stereocenters. The first-order valence-corrected chi connectivity index (χ1v) is 9.88. The number of nitrogens with one attached hydrogen (secondary N) is 2. The number of anilines is 1. The molecule has 0 unspecified atom stereocenters. The Morgan fingerprint density at radius 3 is 2.52 bits per heavy atom. The van der Waals surface area contributed by atoms with Gasteiger partial charge in [-0.05, 0) is 45.1 Å². The number of imidazole rings is 1. The van der Waals surface area contributed by atoms with Crippen LogP contribution in [0, 0.1) is 11.6 Å². The Kier molecular flexibility index (Phi) is 4.98. The topological polar surface area (TPSA) is 69.7 Å². The van der Waals surface area contributed by atoms with E-state index in [4.69, 9.17) is 0 Å². The first kappa shape index (κ1) is 19.7. The van der Waals surface area contributed by atoms with Crippen molar-refractivity contribution in [2.24, 2.45) is 0 Å². The fourth-order valence-corrected chi connectivity index (χ4v) is 3.54. The third kappa shape index (κ3) is 4.07. The van der Waals surface area contributed by atoms with Crippen molar-refractivity contribution in [2.75, 3.05) is 25.5 Å². The Balaban J connectivity index is 1.67. The molecule has 0 bridgehead atoms. The van der Waals surface area contributed by atoms with Gasteiger partial charge in [-0.25, -0.2) is 23.7 Å². The number of fused-ring (bicyclic) bond motifs is 1. The molecule has 3 aromatic rings. The van der Waals surface area contributed by atoms with Crippen LogP contribution >= 0.6 is 0 Å². The highest BCUT2D eigenvalue weighted by Gasteiger charge is 2.22. The summed E-state index contributed by atoms with van der Waals surface area (Å²) in [6.45, 7) is 7.96. The van der Waals surface area contributed by atoms with Gasteiger partial charge in [0.1, 0.15) is 17.0 Å². The Morgan fingerprint density at radius 2 is 1.83 bits per heavy atom. The Labute approximate surface area is 168 Å².